The summed E-state index contributed by atoms with van der Waals surface area (Å²) in [4.78, 5) is 0. The van der Waals surface area contributed by atoms with E-state index in [0.717, 1.165) is 25.7 Å². The number of rotatable bonds is 10. The standard InChI is InChI=1S/C14H25F/c1-3-5-7-8-9-11-13-14(15)12-10-6-4-2/h2,14H,3,5-13H2,1H3. The first-order chi connectivity index (χ1) is 7.31. The smallest absolute Gasteiger partial charge is 0.100 e. The average Bonchev–Trinajstić information content (AvgIpc) is 2.23. The minimum Gasteiger partial charge on any atom is -0.247 e. The van der Waals surface area contributed by atoms with E-state index in [1.165, 1.54) is 32.1 Å². The largest absolute Gasteiger partial charge is 0.247 e. The van der Waals surface area contributed by atoms with Gasteiger partial charge in [0.15, 0.2) is 0 Å². The van der Waals surface area contributed by atoms with Crippen molar-refractivity contribution in [1.82, 2.24) is 0 Å². The normalized spacial score (nSPS) is 12.3. The second-order valence-electron chi connectivity index (χ2n) is 4.25. The van der Waals surface area contributed by atoms with Gasteiger partial charge in [-0.1, -0.05) is 45.4 Å². The summed E-state index contributed by atoms with van der Waals surface area (Å²) in [6.45, 7) is 2.21. The van der Waals surface area contributed by atoms with Gasteiger partial charge in [-0.15, -0.1) is 12.3 Å². The molecular formula is C14H25F. The zero-order valence-corrected chi connectivity index (χ0v) is 10.1. The van der Waals surface area contributed by atoms with Gasteiger partial charge in [0.2, 0.25) is 0 Å². The molecule has 0 spiro atoms. The van der Waals surface area contributed by atoms with Crippen LogP contribution in [-0.4, -0.2) is 6.17 Å². The zero-order valence-electron chi connectivity index (χ0n) is 10.1. The molecule has 0 aromatic heterocycles. The molecule has 0 radical (unpaired) electrons. The van der Waals surface area contributed by atoms with Gasteiger partial charge in [0.1, 0.15) is 6.17 Å². The molecule has 0 fully saturated rings. The van der Waals surface area contributed by atoms with Crippen LogP contribution >= 0.6 is 0 Å². The van der Waals surface area contributed by atoms with Gasteiger partial charge < -0.3 is 0 Å². The molecule has 15 heavy (non-hydrogen) atoms. The van der Waals surface area contributed by atoms with Crippen molar-refractivity contribution in [2.45, 2.75) is 77.3 Å². The molecule has 0 aliphatic rings. The van der Waals surface area contributed by atoms with E-state index in [1.54, 1.807) is 0 Å². The van der Waals surface area contributed by atoms with Crippen molar-refractivity contribution in [1.29, 1.82) is 0 Å². The minimum atomic E-state index is -0.621. The van der Waals surface area contributed by atoms with E-state index in [1.807, 2.05) is 0 Å². The third-order valence-electron chi connectivity index (χ3n) is 2.71. The van der Waals surface area contributed by atoms with Gasteiger partial charge in [0.05, 0.1) is 0 Å². The second kappa shape index (κ2) is 11.6. The van der Waals surface area contributed by atoms with Gasteiger partial charge in [-0.3, -0.25) is 0 Å². The van der Waals surface area contributed by atoms with E-state index in [-0.39, 0.29) is 0 Å². The van der Waals surface area contributed by atoms with Crippen molar-refractivity contribution in [3.63, 3.8) is 0 Å². The second-order valence-corrected chi connectivity index (χ2v) is 4.25. The molecule has 0 saturated heterocycles. The maximum atomic E-state index is 13.2. The molecule has 0 saturated carbocycles. The lowest BCUT2D eigenvalue weighted by Gasteiger charge is -2.06. The highest BCUT2D eigenvalue weighted by Gasteiger charge is 2.04. The summed E-state index contributed by atoms with van der Waals surface area (Å²) in [6.07, 6.45) is 14.8. The van der Waals surface area contributed by atoms with Crippen LogP contribution in [0, 0.1) is 12.3 Å². The highest BCUT2D eigenvalue weighted by atomic mass is 19.1. The lowest BCUT2D eigenvalue weighted by atomic mass is 10.0. The van der Waals surface area contributed by atoms with Gasteiger partial charge >= 0.3 is 0 Å². The van der Waals surface area contributed by atoms with Crippen molar-refractivity contribution in [2.24, 2.45) is 0 Å². The average molecular weight is 212 g/mol. The predicted octanol–water partition coefficient (Wildman–Crippen LogP) is 4.88. The molecule has 0 amide bonds. The van der Waals surface area contributed by atoms with Crippen LogP contribution in [0.5, 0.6) is 0 Å². The monoisotopic (exact) mass is 212 g/mol. The van der Waals surface area contributed by atoms with E-state index in [2.05, 4.69) is 12.8 Å². The molecule has 88 valence electrons. The Hall–Kier alpha value is -0.510. The van der Waals surface area contributed by atoms with Crippen molar-refractivity contribution < 1.29 is 4.39 Å². The van der Waals surface area contributed by atoms with Crippen molar-refractivity contribution in [3.8, 4) is 12.3 Å². The first kappa shape index (κ1) is 14.5. The Morgan fingerprint density at radius 3 is 2.27 bits per heavy atom. The third kappa shape index (κ3) is 11.4. The summed E-state index contributed by atoms with van der Waals surface area (Å²) < 4.78 is 13.2. The summed E-state index contributed by atoms with van der Waals surface area (Å²) in [5.41, 5.74) is 0. The molecule has 0 aromatic rings. The first-order valence-electron chi connectivity index (χ1n) is 6.38. The predicted molar refractivity (Wildman–Crippen MR) is 65.6 cm³/mol. The number of hydrogen-bond acceptors (Lipinski definition) is 0. The van der Waals surface area contributed by atoms with Crippen LogP contribution in [0.4, 0.5) is 4.39 Å². The van der Waals surface area contributed by atoms with Crippen LogP contribution in [0.25, 0.3) is 0 Å². The van der Waals surface area contributed by atoms with Crippen LogP contribution in [0.3, 0.4) is 0 Å². The summed E-state index contributed by atoms with van der Waals surface area (Å²) in [5.74, 6) is 2.55. The lowest BCUT2D eigenvalue weighted by Crippen LogP contribution is -1.99. The van der Waals surface area contributed by atoms with E-state index in [9.17, 15) is 4.39 Å². The summed E-state index contributed by atoms with van der Waals surface area (Å²) >= 11 is 0. The number of unbranched alkanes of at least 4 members (excludes halogenated alkanes) is 6. The number of halogens is 1. The zero-order chi connectivity index (χ0) is 11.4. The molecule has 0 rings (SSSR count). The molecule has 0 bridgehead atoms. The highest BCUT2D eigenvalue weighted by Crippen LogP contribution is 2.14. The minimum absolute atomic E-state index is 0.621. The van der Waals surface area contributed by atoms with Crippen molar-refractivity contribution >= 4 is 0 Å². The molecule has 0 aliphatic heterocycles. The first-order valence-corrected chi connectivity index (χ1v) is 6.38. The molecule has 0 aromatic carbocycles. The molecule has 1 unspecified atom stereocenters. The molecule has 0 aliphatic carbocycles. The number of alkyl halides is 1. The third-order valence-corrected chi connectivity index (χ3v) is 2.71. The summed E-state index contributed by atoms with van der Waals surface area (Å²) in [7, 11) is 0. The van der Waals surface area contributed by atoms with Gasteiger partial charge in [-0.25, -0.2) is 4.39 Å². The van der Waals surface area contributed by atoms with E-state index in [4.69, 9.17) is 6.42 Å². The van der Waals surface area contributed by atoms with Gasteiger partial charge in [-0.05, 0) is 19.3 Å². The fourth-order valence-electron chi connectivity index (χ4n) is 1.72. The summed E-state index contributed by atoms with van der Waals surface area (Å²) in [6, 6.07) is 0. The lowest BCUT2D eigenvalue weighted by molar-refractivity contribution is 0.283. The topological polar surface area (TPSA) is 0 Å². The SMILES string of the molecule is C#CCCCC(F)CCCCCCCC. The Morgan fingerprint density at radius 1 is 1.00 bits per heavy atom. The molecule has 1 atom stereocenters. The maximum absolute atomic E-state index is 13.2. The number of terminal acetylenes is 1. The van der Waals surface area contributed by atoms with Crippen LogP contribution in [0.2, 0.25) is 0 Å². The molecule has 1 heteroatoms. The molecule has 0 N–H and O–H groups in total. The van der Waals surface area contributed by atoms with Crippen LogP contribution in [-0.2, 0) is 0 Å². The van der Waals surface area contributed by atoms with Crippen molar-refractivity contribution in [2.75, 3.05) is 0 Å². The van der Waals surface area contributed by atoms with E-state index in [0.29, 0.717) is 6.42 Å². The van der Waals surface area contributed by atoms with E-state index >= 15 is 0 Å². The van der Waals surface area contributed by atoms with Gasteiger partial charge in [0, 0.05) is 6.42 Å². The van der Waals surface area contributed by atoms with Crippen LogP contribution in [0.15, 0.2) is 0 Å². The van der Waals surface area contributed by atoms with Crippen LogP contribution in [0.1, 0.15) is 71.1 Å². The molecular weight excluding hydrogens is 187 g/mol. The Bertz CT molecular complexity index is 157. The number of hydrogen-bond donors (Lipinski definition) is 0. The summed E-state index contributed by atoms with van der Waals surface area (Å²) in [5, 5.41) is 0. The van der Waals surface area contributed by atoms with Crippen LogP contribution < -0.4 is 0 Å². The molecule has 0 heterocycles. The van der Waals surface area contributed by atoms with Gasteiger partial charge in [-0.2, -0.15) is 0 Å². The Labute approximate surface area is 94.6 Å². The fraction of sp³-hybridized carbons (Fsp3) is 0.857. The Kier molecular flexibility index (Phi) is 11.2. The Morgan fingerprint density at radius 2 is 1.60 bits per heavy atom. The molecule has 0 nitrogen and oxygen atoms in total. The quantitative estimate of drug-likeness (QED) is 0.357. The Balaban J connectivity index is 3.10. The van der Waals surface area contributed by atoms with Crippen molar-refractivity contribution in [3.05, 3.63) is 0 Å². The highest BCUT2D eigenvalue weighted by molar-refractivity contribution is 4.83. The maximum Gasteiger partial charge on any atom is 0.100 e. The van der Waals surface area contributed by atoms with E-state index < -0.39 is 6.17 Å². The van der Waals surface area contributed by atoms with Gasteiger partial charge in [0.25, 0.3) is 0 Å². The fourth-order valence-corrected chi connectivity index (χ4v) is 1.72.